The molecule has 0 unspecified atom stereocenters. The molecule has 11 heteroatoms. The van der Waals surface area contributed by atoms with Crippen molar-refractivity contribution in [2.45, 2.75) is 38.8 Å². The molecule has 152 valence electrons. The van der Waals surface area contributed by atoms with Crippen LogP contribution in [-0.4, -0.2) is 27.0 Å². The predicted molar refractivity (Wildman–Crippen MR) is 118 cm³/mol. The lowest BCUT2D eigenvalue weighted by Crippen LogP contribution is -2.43. The summed E-state index contributed by atoms with van der Waals surface area (Å²) in [6.07, 6.45) is 4.09. The second-order valence-corrected chi connectivity index (χ2v) is 11.4. The van der Waals surface area contributed by atoms with E-state index >= 15 is 0 Å². The van der Waals surface area contributed by atoms with E-state index in [1.165, 1.54) is 0 Å². The van der Waals surface area contributed by atoms with Gasteiger partial charge in [-0.1, -0.05) is 107 Å². The van der Waals surface area contributed by atoms with Crippen LogP contribution in [-0.2, 0) is 7.59 Å². The molecule has 1 aromatic heterocycles. The molecular formula is C17H17Cl6N5. The zero-order valence-corrected chi connectivity index (χ0v) is 19.1. The van der Waals surface area contributed by atoms with Gasteiger partial charge in [0, 0.05) is 23.2 Å². The van der Waals surface area contributed by atoms with E-state index in [4.69, 9.17) is 75.3 Å². The highest BCUT2D eigenvalue weighted by molar-refractivity contribution is 6.67. The lowest BCUT2D eigenvalue weighted by Gasteiger charge is -2.24. The highest BCUT2D eigenvalue weighted by Crippen LogP contribution is 2.39. The van der Waals surface area contributed by atoms with Gasteiger partial charge >= 0.3 is 0 Å². The fourth-order valence-electron chi connectivity index (χ4n) is 3.03. The molecule has 1 aromatic carbocycles. The van der Waals surface area contributed by atoms with Crippen LogP contribution in [0.3, 0.4) is 0 Å². The molecular weight excluding hydrogens is 487 g/mol. The number of alkyl halides is 6. The van der Waals surface area contributed by atoms with Crippen LogP contribution in [0.5, 0.6) is 0 Å². The number of nitrogens with two attached hydrogens (primary N) is 1. The van der Waals surface area contributed by atoms with E-state index in [0.717, 1.165) is 25.7 Å². The molecule has 3 rings (SSSR count). The molecule has 0 bridgehead atoms. The number of hydrogen-bond acceptors (Lipinski definition) is 5. The van der Waals surface area contributed by atoms with Crippen molar-refractivity contribution in [2.24, 2.45) is 5.73 Å². The number of halogens is 6. The Labute approximate surface area is 193 Å². The van der Waals surface area contributed by atoms with Gasteiger partial charge in [0.05, 0.1) is 0 Å². The van der Waals surface area contributed by atoms with Crippen molar-refractivity contribution in [3.8, 4) is 11.4 Å². The Morgan fingerprint density at radius 2 is 1.50 bits per heavy atom. The van der Waals surface area contributed by atoms with Crippen LogP contribution in [0.25, 0.3) is 11.4 Å². The highest BCUT2D eigenvalue weighted by Gasteiger charge is 2.31. The molecule has 5 nitrogen and oxygen atoms in total. The summed E-state index contributed by atoms with van der Waals surface area (Å²) in [5.41, 5.74) is 7.27. The Morgan fingerprint density at radius 1 is 0.893 bits per heavy atom. The molecule has 0 saturated heterocycles. The standard InChI is InChI=1S/C17H17Cl6N5/c18-16(19,20)11-5-3-10(4-6-11)12-26-13(17(21,22)23)28-14(27-12)25-9-15(24)7-1-2-8-15/h3-6H,1-2,7-9,24H2,(H,25,26,27,28). The van der Waals surface area contributed by atoms with Gasteiger partial charge in [-0.05, 0) is 12.8 Å². The molecule has 1 aliphatic rings. The molecule has 1 saturated carbocycles. The smallest absolute Gasteiger partial charge is 0.250 e. The third-order valence-electron chi connectivity index (χ3n) is 4.56. The summed E-state index contributed by atoms with van der Waals surface area (Å²) in [5.74, 6) is 0.619. The maximum absolute atomic E-state index is 6.39. The minimum Gasteiger partial charge on any atom is -0.352 e. The Hall–Kier alpha value is -0.270. The molecule has 0 amide bonds. The summed E-state index contributed by atoms with van der Waals surface area (Å²) in [4.78, 5) is 12.9. The van der Waals surface area contributed by atoms with E-state index < -0.39 is 7.59 Å². The van der Waals surface area contributed by atoms with Crippen molar-refractivity contribution < 1.29 is 0 Å². The lowest BCUT2D eigenvalue weighted by atomic mass is 10.00. The topological polar surface area (TPSA) is 76.7 Å². The van der Waals surface area contributed by atoms with Crippen LogP contribution in [0.15, 0.2) is 24.3 Å². The van der Waals surface area contributed by atoms with E-state index in [-0.39, 0.29) is 17.3 Å². The molecule has 0 spiro atoms. The number of benzene rings is 1. The average molecular weight is 504 g/mol. The van der Waals surface area contributed by atoms with E-state index in [0.29, 0.717) is 23.5 Å². The molecule has 0 aliphatic heterocycles. The number of nitrogens with one attached hydrogen (secondary N) is 1. The maximum Gasteiger partial charge on any atom is 0.250 e. The lowest BCUT2D eigenvalue weighted by molar-refractivity contribution is 0.463. The van der Waals surface area contributed by atoms with Crippen molar-refractivity contribution in [1.82, 2.24) is 15.0 Å². The summed E-state index contributed by atoms with van der Waals surface area (Å²) in [6.45, 7) is 0.516. The van der Waals surface area contributed by atoms with Crippen LogP contribution in [0, 0.1) is 0 Å². The van der Waals surface area contributed by atoms with Gasteiger partial charge in [-0.25, -0.2) is 4.98 Å². The summed E-state index contributed by atoms with van der Waals surface area (Å²) in [5, 5.41) is 3.16. The SMILES string of the molecule is NC1(CNc2nc(-c3ccc(C(Cl)(Cl)Cl)cc3)nc(C(Cl)(Cl)Cl)n2)CCCC1. The van der Waals surface area contributed by atoms with Crippen molar-refractivity contribution in [3.63, 3.8) is 0 Å². The number of hydrogen-bond donors (Lipinski definition) is 2. The monoisotopic (exact) mass is 501 g/mol. The predicted octanol–water partition coefficient (Wildman–Crippen LogP) is 5.88. The summed E-state index contributed by atoms with van der Waals surface area (Å²) < 4.78 is -3.33. The number of nitrogens with zero attached hydrogens (tertiary/aromatic N) is 3. The zero-order chi connectivity index (χ0) is 20.6. The molecule has 0 atom stereocenters. The Balaban J connectivity index is 1.91. The third kappa shape index (κ3) is 5.66. The van der Waals surface area contributed by atoms with Crippen molar-refractivity contribution in [3.05, 3.63) is 35.7 Å². The van der Waals surface area contributed by atoms with E-state index in [1.807, 2.05) is 0 Å². The van der Waals surface area contributed by atoms with Gasteiger partial charge in [0.2, 0.25) is 13.5 Å². The summed E-state index contributed by atoms with van der Waals surface area (Å²) >= 11 is 35.7. The first kappa shape index (κ1) is 22.4. The van der Waals surface area contributed by atoms with Gasteiger partial charge in [-0.3, -0.25) is 0 Å². The van der Waals surface area contributed by atoms with E-state index in [1.54, 1.807) is 24.3 Å². The molecule has 1 fully saturated rings. The molecule has 3 N–H and O–H groups in total. The van der Waals surface area contributed by atoms with Crippen LogP contribution in [0.1, 0.15) is 37.1 Å². The minimum absolute atomic E-state index is 0.00736. The van der Waals surface area contributed by atoms with Crippen LogP contribution < -0.4 is 11.1 Å². The van der Waals surface area contributed by atoms with Gasteiger partial charge in [0.1, 0.15) is 0 Å². The summed E-state index contributed by atoms with van der Waals surface area (Å²) in [6, 6.07) is 6.78. The molecule has 1 heterocycles. The quantitative estimate of drug-likeness (QED) is 0.510. The first-order valence-corrected chi connectivity index (χ1v) is 10.8. The fraction of sp³-hybridized carbons (Fsp3) is 0.471. The Kier molecular flexibility index (Phi) is 6.77. The third-order valence-corrected chi connectivity index (χ3v) is 5.72. The van der Waals surface area contributed by atoms with Gasteiger partial charge in [0.15, 0.2) is 11.6 Å². The molecule has 28 heavy (non-hydrogen) atoms. The van der Waals surface area contributed by atoms with Crippen LogP contribution in [0.2, 0.25) is 0 Å². The van der Waals surface area contributed by atoms with Crippen molar-refractivity contribution in [1.29, 1.82) is 0 Å². The van der Waals surface area contributed by atoms with Gasteiger partial charge < -0.3 is 11.1 Å². The Morgan fingerprint density at radius 3 is 2.04 bits per heavy atom. The van der Waals surface area contributed by atoms with Crippen molar-refractivity contribution >= 4 is 75.6 Å². The minimum atomic E-state index is -1.81. The largest absolute Gasteiger partial charge is 0.352 e. The number of anilines is 1. The van der Waals surface area contributed by atoms with Crippen LogP contribution >= 0.6 is 69.6 Å². The average Bonchev–Trinajstić information content (AvgIpc) is 3.05. The van der Waals surface area contributed by atoms with E-state index in [9.17, 15) is 0 Å². The molecule has 0 radical (unpaired) electrons. The first-order chi connectivity index (χ1) is 13.0. The first-order valence-electron chi connectivity index (χ1n) is 8.50. The summed E-state index contributed by atoms with van der Waals surface area (Å²) in [7, 11) is 0. The number of aromatic nitrogens is 3. The number of rotatable bonds is 4. The van der Waals surface area contributed by atoms with Crippen molar-refractivity contribution in [2.75, 3.05) is 11.9 Å². The zero-order valence-electron chi connectivity index (χ0n) is 14.5. The molecule has 1 aliphatic carbocycles. The van der Waals surface area contributed by atoms with E-state index in [2.05, 4.69) is 20.3 Å². The molecule has 2 aromatic rings. The Bertz CT molecular complexity index is 825. The fourth-order valence-corrected chi connectivity index (χ4v) is 3.66. The normalized spacial score (nSPS) is 17.0. The highest BCUT2D eigenvalue weighted by atomic mass is 35.6. The van der Waals surface area contributed by atoms with Crippen LogP contribution in [0.4, 0.5) is 5.95 Å². The van der Waals surface area contributed by atoms with Gasteiger partial charge in [0.25, 0.3) is 0 Å². The second-order valence-electron chi connectivity index (χ2n) is 6.80. The van der Waals surface area contributed by atoms with Gasteiger partial charge in [-0.15, -0.1) is 0 Å². The maximum atomic E-state index is 6.39. The second kappa shape index (κ2) is 8.46. The van der Waals surface area contributed by atoms with Gasteiger partial charge in [-0.2, -0.15) is 9.97 Å².